The Morgan fingerprint density at radius 1 is 1.27 bits per heavy atom. The first kappa shape index (κ1) is 18.5. The van der Waals surface area contributed by atoms with Gasteiger partial charge in [0.1, 0.15) is 11.2 Å². The molecule has 2 amide bonds. The molecule has 6 heteroatoms. The van der Waals surface area contributed by atoms with Crippen LogP contribution in [0.3, 0.4) is 0 Å². The monoisotopic (exact) mass is 372 g/mol. The highest BCUT2D eigenvalue weighted by Crippen LogP contribution is 2.43. The van der Waals surface area contributed by atoms with Gasteiger partial charge in [-0.15, -0.1) is 11.8 Å². The van der Waals surface area contributed by atoms with Gasteiger partial charge in [0.15, 0.2) is 0 Å². The normalized spacial score (nSPS) is 17.0. The quantitative estimate of drug-likeness (QED) is 0.859. The number of nitrogens with one attached hydrogen (secondary N) is 1. The van der Waals surface area contributed by atoms with E-state index < -0.39 is 5.82 Å². The molecule has 1 unspecified atom stereocenters. The number of thioether (sulfide) groups is 1. The van der Waals surface area contributed by atoms with Crippen LogP contribution < -0.4 is 10.2 Å². The topological polar surface area (TPSA) is 49.4 Å². The minimum Gasteiger partial charge on any atom is -0.326 e. The molecule has 0 radical (unpaired) electrons. The van der Waals surface area contributed by atoms with E-state index in [2.05, 4.69) is 5.32 Å². The fourth-order valence-corrected chi connectivity index (χ4v) is 3.95. The zero-order chi connectivity index (χ0) is 18.8. The van der Waals surface area contributed by atoms with Crippen LogP contribution in [0.5, 0.6) is 0 Å². The summed E-state index contributed by atoms with van der Waals surface area (Å²) >= 11 is 1.45. The fraction of sp³-hybridized carbons (Fsp3) is 0.300. The summed E-state index contributed by atoms with van der Waals surface area (Å²) in [7, 11) is 0. The van der Waals surface area contributed by atoms with Crippen molar-refractivity contribution in [2.45, 2.75) is 26.1 Å². The molecule has 4 nitrogen and oxygen atoms in total. The van der Waals surface area contributed by atoms with Gasteiger partial charge >= 0.3 is 0 Å². The van der Waals surface area contributed by atoms with Gasteiger partial charge in [0.05, 0.1) is 11.4 Å². The number of hydrogen-bond acceptors (Lipinski definition) is 3. The first-order chi connectivity index (χ1) is 12.4. The third-order valence-corrected chi connectivity index (χ3v) is 5.41. The van der Waals surface area contributed by atoms with Gasteiger partial charge in [-0.2, -0.15) is 0 Å². The minimum absolute atomic E-state index is 0.0705. The van der Waals surface area contributed by atoms with E-state index in [9.17, 15) is 14.0 Å². The van der Waals surface area contributed by atoms with Gasteiger partial charge in [0.2, 0.25) is 11.8 Å². The second-order valence-corrected chi connectivity index (χ2v) is 7.72. The number of carbonyl (C=O) groups is 2. The Morgan fingerprint density at radius 3 is 2.77 bits per heavy atom. The van der Waals surface area contributed by atoms with Crippen molar-refractivity contribution in [1.82, 2.24) is 0 Å². The summed E-state index contributed by atoms with van der Waals surface area (Å²) in [6.45, 7) is 5.52. The molecule has 0 bridgehead atoms. The van der Waals surface area contributed by atoms with Gasteiger partial charge in [0.25, 0.3) is 0 Å². The molecule has 26 heavy (non-hydrogen) atoms. The highest BCUT2D eigenvalue weighted by molar-refractivity contribution is 8.00. The lowest BCUT2D eigenvalue weighted by Crippen LogP contribution is -2.29. The predicted molar refractivity (Wildman–Crippen MR) is 104 cm³/mol. The van der Waals surface area contributed by atoms with Gasteiger partial charge in [0, 0.05) is 11.6 Å². The summed E-state index contributed by atoms with van der Waals surface area (Å²) in [5, 5.41) is 2.54. The molecule has 1 aliphatic rings. The molecule has 3 rings (SSSR count). The van der Waals surface area contributed by atoms with Crippen molar-refractivity contribution >= 4 is 35.0 Å². The Balaban J connectivity index is 1.94. The van der Waals surface area contributed by atoms with Gasteiger partial charge in [-0.25, -0.2) is 4.39 Å². The fourth-order valence-electron chi connectivity index (χ4n) is 2.79. The van der Waals surface area contributed by atoms with E-state index in [4.69, 9.17) is 0 Å². The Kier molecular flexibility index (Phi) is 5.32. The molecule has 1 atom stereocenters. The van der Waals surface area contributed by atoms with Crippen LogP contribution >= 0.6 is 11.8 Å². The summed E-state index contributed by atoms with van der Waals surface area (Å²) in [4.78, 5) is 25.9. The second kappa shape index (κ2) is 7.50. The Bertz CT molecular complexity index is 853. The molecule has 1 fully saturated rings. The molecular weight excluding hydrogens is 351 g/mol. The minimum atomic E-state index is -0.416. The number of aryl methyl sites for hydroxylation is 1. The molecule has 0 saturated carbocycles. The van der Waals surface area contributed by atoms with Crippen molar-refractivity contribution in [2.75, 3.05) is 16.0 Å². The van der Waals surface area contributed by atoms with Gasteiger partial charge in [-0.05, 0) is 42.3 Å². The zero-order valence-electron chi connectivity index (χ0n) is 15.0. The van der Waals surface area contributed by atoms with Crippen LogP contribution in [0.25, 0.3) is 0 Å². The standard InChI is InChI=1S/C20H21FN2O2S/c1-12(2)19(25)22-15-6-4-5-14(10-15)20-23(18(24)11-26-20)17-9-13(3)7-8-16(17)21/h4-10,12,20H,11H2,1-3H3,(H,22,25). The number of benzene rings is 2. The number of anilines is 2. The number of carbonyl (C=O) groups excluding carboxylic acids is 2. The van der Waals surface area contributed by atoms with E-state index in [0.29, 0.717) is 17.1 Å². The first-order valence-electron chi connectivity index (χ1n) is 8.47. The van der Waals surface area contributed by atoms with E-state index in [1.807, 2.05) is 45.0 Å². The third-order valence-electron chi connectivity index (χ3n) is 4.19. The molecule has 0 spiro atoms. The average Bonchev–Trinajstić information content (AvgIpc) is 2.98. The molecule has 0 aliphatic carbocycles. The van der Waals surface area contributed by atoms with Crippen molar-refractivity contribution in [3.05, 3.63) is 59.4 Å². The molecule has 2 aromatic rings. The van der Waals surface area contributed by atoms with Crippen LogP contribution in [0.4, 0.5) is 15.8 Å². The molecular formula is C20H21FN2O2S. The summed E-state index contributed by atoms with van der Waals surface area (Å²) in [5.41, 5.74) is 2.71. The number of amides is 2. The van der Waals surface area contributed by atoms with E-state index in [1.165, 1.54) is 22.7 Å². The number of rotatable bonds is 4. The Labute approximate surface area is 156 Å². The molecule has 136 valence electrons. The Morgan fingerprint density at radius 2 is 2.04 bits per heavy atom. The van der Waals surface area contributed by atoms with Crippen molar-refractivity contribution in [3.8, 4) is 0 Å². The first-order valence-corrected chi connectivity index (χ1v) is 9.52. The maximum absolute atomic E-state index is 14.4. The SMILES string of the molecule is Cc1ccc(F)c(N2C(=O)CSC2c2cccc(NC(=O)C(C)C)c2)c1. The predicted octanol–water partition coefficient (Wildman–Crippen LogP) is 4.51. The Hall–Kier alpha value is -2.34. The van der Waals surface area contributed by atoms with Crippen molar-refractivity contribution < 1.29 is 14.0 Å². The van der Waals surface area contributed by atoms with E-state index in [-0.39, 0.29) is 23.1 Å². The van der Waals surface area contributed by atoms with Gasteiger partial charge in [-0.3, -0.25) is 14.5 Å². The number of halogens is 1. The molecule has 1 aliphatic heterocycles. The summed E-state index contributed by atoms with van der Waals surface area (Å²) in [5.74, 6) is -0.444. The zero-order valence-corrected chi connectivity index (χ0v) is 15.8. The van der Waals surface area contributed by atoms with E-state index >= 15 is 0 Å². The maximum atomic E-state index is 14.4. The van der Waals surface area contributed by atoms with Crippen LogP contribution in [-0.4, -0.2) is 17.6 Å². The summed E-state index contributed by atoms with van der Waals surface area (Å²) < 4.78 is 14.4. The smallest absolute Gasteiger partial charge is 0.238 e. The summed E-state index contributed by atoms with van der Waals surface area (Å²) in [6.07, 6.45) is 0. The highest BCUT2D eigenvalue weighted by Gasteiger charge is 2.35. The van der Waals surface area contributed by atoms with Gasteiger partial charge < -0.3 is 5.32 Å². The summed E-state index contributed by atoms with van der Waals surface area (Å²) in [6, 6.07) is 12.1. The average molecular weight is 372 g/mol. The largest absolute Gasteiger partial charge is 0.326 e. The third kappa shape index (κ3) is 3.75. The molecule has 1 saturated heterocycles. The lowest BCUT2D eigenvalue weighted by atomic mass is 10.1. The molecule has 2 aromatic carbocycles. The van der Waals surface area contributed by atoms with Crippen molar-refractivity contribution in [2.24, 2.45) is 5.92 Å². The second-order valence-electron chi connectivity index (χ2n) is 6.65. The van der Waals surface area contributed by atoms with Crippen molar-refractivity contribution in [3.63, 3.8) is 0 Å². The lowest BCUT2D eigenvalue weighted by Gasteiger charge is -2.25. The van der Waals surface area contributed by atoms with Crippen LogP contribution in [-0.2, 0) is 9.59 Å². The van der Waals surface area contributed by atoms with Crippen molar-refractivity contribution in [1.29, 1.82) is 0 Å². The van der Waals surface area contributed by atoms with E-state index in [0.717, 1.165) is 11.1 Å². The van der Waals surface area contributed by atoms with Crippen LogP contribution in [0.1, 0.15) is 30.3 Å². The molecule has 1 heterocycles. The molecule has 0 aromatic heterocycles. The maximum Gasteiger partial charge on any atom is 0.238 e. The van der Waals surface area contributed by atoms with E-state index in [1.54, 1.807) is 12.1 Å². The van der Waals surface area contributed by atoms with Crippen LogP contribution in [0.2, 0.25) is 0 Å². The highest BCUT2D eigenvalue weighted by atomic mass is 32.2. The molecule has 1 N–H and O–H groups in total. The van der Waals surface area contributed by atoms with Crippen LogP contribution in [0.15, 0.2) is 42.5 Å². The lowest BCUT2D eigenvalue weighted by molar-refractivity contribution is -0.119. The van der Waals surface area contributed by atoms with Gasteiger partial charge in [-0.1, -0.05) is 32.0 Å². The van der Waals surface area contributed by atoms with Crippen LogP contribution in [0, 0.1) is 18.7 Å². The number of hydrogen-bond donors (Lipinski definition) is 1. The number of nitrogens with zero attached hydrogens (tertiary/aromatic N) is 1.